The highest BCUT2D eigenvalue weighted by molar-refractivity contribution is 5.70. The second-order valence-corrected chi connectivity index (χ2v) is 8.74. The Balaban J connectivity index is 1.45. The van der Waals surface area contributed by atoms with Gasteiger partial charge in [-0.2, -0.15) is 5.10 Å². The molecule has 0 saturated heterocycles. The SMILES string of the molecule is Cc1ccc(-c2cc(C)n(CC(O)CO)n2)cc1Nc1nnc2n1C(c1ccc(F)cc1)COC2. The molecule has 2 unspecified atom stereocenters. The van der Waals surface area contributed by atoms with Gasteiger partial charge < -0.3 is 20.3 Å². The number of hydrogen-bond acceptors (Lipinski definition) is 7. The first-order valence-corrected chi connectivity index (χ1v) is 11.4. The molecule has 2 aromatic carbocycles. The first kappa shape index (κ1) is 23.2. The van der Waals surface area contributed by atoms with Crippen LogP contribution in [0.1, 0.15) is 28.7 Å². The van der Waals surface area contributed by atoms with Gasteiger partial charge in [0.2, 0.25) is 5.95 Å². The van der Waals surface area contributed by atoms with Crippen molar-refractivity contribution in [3.8, 4) is 11.3 Å². The van der Waals surface area contributed by atoms with E-state index in [1.807, 2.05) is 42.7 Å². The Labute approximate surface area is 201 Å². The van der Waals surface area contributed by atoms with Crippen molar-refractivity contribution >= 4 is 11.6 Å². The molecule has 2 atom stereocenters. The fraction of sp³-hybridized carbons (Fsp3) is 0.320. The molecule has 0 bridgehead atoms. The van der Waals surface area contributed by atoms with Gasteiger partial charge in [-0.05, 0) is 49.2 Å². The smallest absolute Gasteiger partial charge is 0.229 e. The van der Waals surface area contributed by atoms with Crippen LogP contribution in [-0.2, 0) is 17.9 Å². The Morgan fingerprint density at radius 1 is 1.14 bits per heavy atom. The summed E-state index contributed by atoms with van der Waals surface area (Å²) in [5.74, 6) is 0.980. The number of halogens is 1. The summed E-state index contributed by atoms with van der Waals surface area (Å²) in [6, 6.07) is 14.1. The third kappa shape index (κ3) is 4.68. The highest BCUT2D eigenvalue weighted by Crippen LogP contribution is 2.32. The summed E-state index contributed by atoms with van der Waals surface area (Å²) in [7, 11) is 0. The second-order valence-electron chi connectivity index (χ2n) is 8.74. The van der Waals surface area contributed by atoms with Gasteiger partial charge in [0.1, 0.15) is 12.4 Å². The lowest BCUT2D eigenvalue weighted by atomic mass is 10.1. The van der Waals surface area contributed by atoms with Gasteiger partial charge in [0.05, 0.1) is 37.6 Å². The number of aliphatic hydroxyl groups is 2. The Hall–Kier alpha value is -3.60. The third-order valence-corrected chi connectivity index (χ3v) is 6.20. The molecule has 3 N–H and O–H groups in total. The van der Waals surface area contributed by atoms with E-state index in [-0.39, 0.29) is 25.0 Å². The van der Waals surface area contributed by atoms with Crippen molar-refractivity contribution in [2.45, 2.75) is 39.1 Å². The van der Waals surface area contributed by atoms with E-state index in [4.69, 9.17) is 9.84 Å². The van der Waals surface area contributed by atoms with Crippen LogP contribution in [0.5, 0.6) is 0 Å². The molecular weight excluding hydrogens is 451 g/mol. The van der Waals surface area contributed by atoms with Crippen LogP contribution in [0.3, 0.4) is 0 Å². The molecular formula is C25H27FN6O3. The molecule has 10 heteroatoms. The number of rotatable bonds is 7. The number of ether oxygens (including phenoxy) is 1. The van der Waals surface area contributed by atoms with Gasteiger partial charge in [-0.1, -0.05) is 24.3 Å². The Morgan fingerprint density at radius 3 is 2.71 bits per heavy atom. The van der Waals surface area contributed by atoms with Crippen molar-refractivity contribution in [3.63, 3.8) is 0 Å². The van der Waals surface area contributed by atoms with Crippen LogP contribution in [0.25, 0.3) is 11.3 Å². The molecule has 5 rings (SSSR count). The third-order valence-electron chi connectivity index (χ3n) is 6.20. The molecule has 0 aliphatic carbocycles. The van der Waals surface area contributed by atoms with Gasteiger partial charge in [0.15, 0.2) is 5.82 Å². The van der Waals surface area contributed by atoms with E-state index in [9.17, 15) is 9.50 Å². The van der Waals surface area contributed by atoms with Crippen molar-refractivity contribution in [1.29, 1.82) is 0 Å². The number of hydrogen-bond donors (Lipinski definition) is 3. The van der Waals surface area contributed by atoms with Crippen LogP contribution >= 0.6 is 0 Å². The maximum atomic E-state index is 13.5. The number of fused-ring (bicyclic) bond motifs is 1. The van der Waals surface area contributed by atoms with Crippen LogP contribution in [0.2, 0.25) is 0 Å². The van der Waals surface area contributed by atoms with Crippen LogP contribution in [0, 0.1) is 19.7 Å². The minimum Gasteiger partial charge on any atom is -0.394 e. The summed E-state index contributed by atoms with van der Waals surface area (Å²) in [5.41, 5.74) is 5.32. The molecule has 1 aliphatic rings. The van der Waals surface area contributed by atoms with Gasteiger partial charge in [-0.3, -0.25) is 9.25 Å². The summed E-state index contributed by atoms with van der Waals surface area (Å²) in [5, 5.41) is 35.6. The van der Waals surface area contributed by atoms with E-state index in [1.54, 1.807) is 16.8 Å². The number of aryl methyl sites for hydroxylation is 2. The zero-order chi connectivity index (χ0) is 24.5. The lowest BCUT2D eigenvalue weighted by Gasteiger charge is -2.27. The number of benzene rings is 2. The first-order chi connectivity index (χ1) is 16.9. The summed E-state index contributed by atoms with van der Waals surface area (Å²) < 4.78 is 22.9. The van der Waals surface area contributed by atoms with Crippen molar-refractivity contribution in [2.24, 2.45) is 0 Å². The number of aromatic nitrogens is 5. The molecule has 35 heavy (non-hydrogen) atoms. The Bertz CT molecular complexity index is 1330. The van der Waals surface area contributed by atoms with Gasteiger partial charge in [0, 0.05) is 16.9 Å². The lowest BCUT2D eigenvalue weighted by molar-refractivity contribution is 0.0670. The topological polar surface area (TPSA) is 110 Å². The van der Waals surface area contributed by atoms with E-state index < -0.39 is 6.10 Å². The molecule has 2 aromatic heterocycles. The van der Waals surface area contributed by atoms with E-state index in [1.165, 1.54) is 12.1 Å². The number of nitrogens with zero attached hydrogens (tertiary/aromatic N) is 5. The fourth-order valence-corrected chi connectivity index (χ4v) is 4.23. The van der Waals surface area contributed by atoms with Crippen LogP contribution < -0.4 is 5.32 Å². The normalized spacial score (nSPS) is 16.2. The summed E-state index contributed by atoms with van der Waals surface area (Å²) >= 11 is 0. The Kier molecular flexibility index (Phi) is 6.33. The van der Waals surface area contributed by atoms with Gasteiger partial charge in [-0.15, -0.1) is 10.2 Å². The molecule has 3 heterocycles. The molecule has 182 valence electrons. The predicted molar refractivity (Wildman–Crippen MR) is 128 cm³/mol. The zero-order valence-corrected chi connectivity index (χ0v) is 19.5. The monoisotopic (exact) mass is 478 g/mol. The van der Waals surface area contributed by atoms with E-state index in [0.29, 0.717) is 25.0 Å². The summed E-state index contributed by atoms with van der Waals surface area (Å²) in [4.78, 5) is 0. The largest absolute Gasteiger partial charge is 0.394 e. The maximum absolute atomic E-state index is 13.5. The van der Waals surface area contributed by atoms with Crippen molar-refractivity contribution < 1.29 is 19.3 Å². The minimum absolute atomic E-state index is 0.184. The standard InChI is InChI=1S/C25H27FN6O3/c1-15-3-4-18(22-9-16(2)31(30-22)11-20(34)12-33)10-21(15)27-25-29-28-24-14-35-13-23(32(24)25)17-5-7-19(26)8-6-17/h3-10,20,23,33-34H,11-14H2,1-2H3,(H,27,29). The summed E-state index contributed by atoms with van der Waals surface area (Å²) in [6.45, 7) is 4.59. The number of nitrogens with one attached hydrogen (secondary N) is 1. The van der Waals surface area contributed by atoms with E-state index in [2.05, 4.69) is 20.6 Å². The van der Waals surface area contributed by atoms with Gasteiger partial charge in [-0.25, -0.2) is 4.39 Å². The summed E-state index contributed by atoms with van der Waals surface area (Å²) in [6.07, 6.45) is -0.867. The highest BCUT2D eigenvalue weighted by atomic mass is 19.1. The molecule has 0 fully saturated rings. The molecule has 1 aliphatic heterocycles. The highest BCUT2D eigenvalue weighted by Gasteiger charge is 2.27. The molecule has 0 amide bonds. The quantitative estimate of drug-likeness (QED) is 0.374. The number of anilines is 2. The van der Waals surface area contributed by atoms with Crippen LogP contribution in [0.15, 0.2) is 48.5 Å². The van der Waals surface area contributed by atoms with Gasteiger partial charge in [0.25, 0.3) is 0 Å². The molecule has 0 radical (unpaired) electrons. The molecule has 0 spiro atoms. The zero-order valence-electron chi connectivity index (χ0n) is 19.5. The van der Waals surface area contributed by atoms with Crippen LogP contribution in [-0.4, -0.2) is 54.1 Å². The van der Waals surface area contributed by atoms with Crippen molar-refractivity contribution in [3.05, 3.63) is 77.0 Å². The maximum Gasteiger partial charge on any atom is 0.229 e. The molecule has 0 saturated carbocycles. The lowest BCUT2D eigenvalue weighted by Crippen LogP contribution is -2.25. The van der Waals surface area contributed by atoms with Crippen LogP contribution in [0.4, 0.5) is 16.0 Å². The Morgan fingerprint density at radius 2 is 1.94 bits per heavy atom. The predicted octanol–water partition coefficient (Wildman–Crippen LogP) is 3.11. The second kappa shape index (κ2) is 9.57. The average Bonchev–Trinajstić information content (AvgIpc) is 3.44. The minimum atomic E-state index is -0.867. The fourth-order valence-electron chi connectivity index (χ4n) is 4.23. The van der Waals surface area contributed by atoms with E-state index in [0.717, 1.165) is 33.8 Å². The molecule has 9 nitrogen and oxygen atoms in total. The average molecular weight is 479 g/mol. The number of aliphatic hydroxyl groups excluding tert-OH is 2. The van der Waals surface area contributed by atoms with Gasteiger partial charge >= 0.3 is 0 Å². The van der Waals surface area contributed by atoms with Crippen molar-refractivity contribution in [2.75, 3.05) is 18.5 Å². The first-order valence-electron chi connectivity index (χ1n) is 11.4. The van der Waals surface area contributed by atoms with E-state index >= 15 is 0 Å². The van der Waals surface area contributed by atoms with Crippen molar-refractivity contribution in [1.82, 2.24) is 24.5 Å². The molecule has 4 aromatic rings.